The summed E-state index contributed by atoms with van der Waals surface area (Å²) in [4.78, 5) is 26.2. The molecule has 0 N–H and O–H groups in total. The average Bonchev–Trinajstić information content (AvgIpc) is 3.21. The number of rotatable bonds is 5. The van der Waals surface area contributed by atoms with Crippen molar-refractivity contribution in [2.24, 2.45) is 0 Å². The lowest BCUT2D eigenvalue weighted by molar-refractivity contribution is -0.146. The van der Waals surface area contributed by atoms with Crippen LogP contribution in [-0.2, 0) is 24.3 Å². The minimum atomic E-state index is -3.52. The Bertz CT molecular complexity index is 807. The van der Waals surface area contributed by atoms with E-state index in [2.05, 4.69) is 0 Å². The standard InChI is InChI=1S/C19H26N2O6S/c1-14-11-20(12-15(2)27-14)18(22)13-26-19(23)16-5-7-17(8-6-16)28(24,25)21-9-3-4-10-21/h5-8,14-15H,3-4,9-13H2,1-2H3. The van der Waals surface area contributed by atoms with Crippen molar-refractivity contribution in [1.29, 1.82) is 0 Å². The molecule has 28 heavy (non-hydrogen) atoms. The predicted octanol–water partition coefficient (Wildman–Crippen LogP) is 1.26. The summed E-state index contributed by atoms with van der Waals surface area (Å²) in [6.07, 6.45) is 1.60. The molecule has 2 unspecified atom stereocenters. The van der Waals surface area contributed by atoms with Crippen LogP contribution in [0.4, 0.5) is 0 Å². The molecule has 1 amide bonds. The number of sulfonamides is 1. The molecule has 2 aliphatic heterocycles. The van der Waals surface area contributed by atoms with Crippen molar-refractivity contribution in [3.63, 3.8) is 0 Å². The summed E-state index contributed by atoms with van der Waals surface area (Å²) in [5.74, 6) is -0.934. The largest absolute Gasteiger partial charge is 0.452 e. The van der Waals surface area contributed by atoms with Crippen molar-refractivity contribution in [1.82, 2.24) is 9.21 Å². The van der Waals surface area contributed by atoms with Gasteiger partial charge in [0.15, 0.2) is 6.61 Å². The van der Waals surface area contributed by atoms with Crippen LogP contribution in [0.3, 0.4) is 0 Å². The minimum Gasteiger partial charge on any atom is -0.452 e. The summed E-state index contributed by atoms with van der Waals surface area (Å²) >= 11 is 0. The van der Waals surface area contributed by atoms with Gasteiger partial charge in [-0.15, -0.1) is 0 Å². The van der Waals surface area contributed by atoms with Crippen LogP contribution in [0.5, 0.6) is 0 Å². The number of carbonyl (C=O) groups is 2. The van der Waals surface area contributed by atoms with Crippen molar-refractivity contribution >= 4 is 21.9 Å². The molecule has 2 fully saturated rings. The van der Waals surface area contributed by atoms with Crippen molar-refractivity contribution in [3.8, 4) is 0 Å². The second-order valence-electron chi connectivity index (χ2n) is 7.27. The molecule has 1 aromatic carbocycles. The third-order valence-corrected chi connectivity index (χ3v) is 6.80. The lowest BCUT2D eigenvalue weighted by atomic mass is 10.2. The molecule has 0 aliphatic carbocycles. The predicted molar refractivity (Wildman–Crippen MR) is 101 cm³/mol. The summed E-state index contributed by atoms with van der Waals surface area (Å²) in [6.45, 7) is 5.39. The molecule has 8 nitrogen and oxygen atoms in total. The van der Waals surface area contributed by atoms with E-state index in [-0.39, 0.29) is 35.2 Å². The summed E-state index contributed by atoms with van der Waals surface area (Å²) in [7, 11) is -3.52. The van der Waals surface area contributed by atoms with Crippen LogP contribution < -0.4 is 0 Å². The molecule has 2 aliphatic rings. The fourth-order valence-corrected chi connectivity index (χ4v) is 5.04. The molecule has 1 aromatic rings. The van der Waals surface area contributed by atoms with Crippen molar-refractivity contribution < 1.29 is 27.5 Å². The van der Waals surface area contributed by atoms with Crippen molar-refractivity contribution in [2.75, 3.05) is 32.8 Å². The van der Waals surface area contributed by atoms with Crippen LogP contribution in [0.15, 0.2) is 29.2 Å². The third kappa shape index (κ3) is 4.71. The molecule has 3 rings (SSSR count). The maximum atomic E-state index is 12.5. The Kier molecular flexibility index (Phi) is 6.36. The number of hydrogen-bond donors (Lipinski definition) is 0. The maximum Gasteiger partial charge on any atom is 0.338 e. The monoisotopic (exact) mass is 410 g/mol. The van der Waals surface area contributed by atoms with Gasteiger partial charge in [0.25, 0.3) is 5.91 Å². The first-order chi connectivity index (χ1) is 13.3. The van der Waals surface area contributed by atoms with Crippen molar-refractivity contribution in [2.45, 2.75) is 43.8 Å². The van der Waals surface area contributed by atoms with E-state index in [1.165, 1.54) is 28.6 Å². The number of amides is 1. The molecule has 0 bridgehead atoms. The summed E-state index contributed by atoms with van der Waals surface area (Å²) in [5, 5.41) is 0. The van der Waals surface area contributed by atoms with Gasteiger partial charge in [-0.3, -0.25) is 4.79 Å². The maximum absolute atomic E-state index is 12.5. The van der Waals surface area contributed by atoms with Gasteiger partial charge in [0.1, 0.15) is 0 Å². The number of ether oxygens (including phenoxy) is 2. The van der Waals surface area contributed by atoms with E-state index < -0.39 is 16.0 Å². The van der Waals surface area contributed by atoms with Gasteiger partial charge < -0.3 is 14.4 Å². The molecular formula is C19H26N2O6S. The van der Waals surface area contributed by atoms with E-state index in [4.69, 9.17) is 9.47 Å². The zero-order valence-corrected chi connectivity index (χ0v) is 17.0. The Labute approximate surface area is 165 Å². The lowest BCUT2D eigenvalue weighted by Crippen LogP contribution is -2.49. The van der Waals surface area contributed by atoms with Crippen LogP contribution in [0.25, 0.3) is 0 Å². The Morgan fingerprint density at radius 1 is 1.07 bits per heavy atom. The number of carbonyl (C=O) groups excluding carboxylic acids is 2. The Morgan fingerprint density at radius 3 is 2.21 bits per heavy atom. The molecular weight excluding hydrogens is 384 g/mol. The van der Waals surface area contributed by atoms with E-state index in [1.807, 2.05) is 13.8 Å². The van der Waals surface area contributed by atoms with Crippen LogP contribution in [0.2, 0.25) is 0 Å². The SMILES string of the molecule is CC1CN(C(=O)COC(=O)c2ccc(S(=O)(=O)N3CCCC3)cc2)CC(C)O1. The van der Waals surface area contributed by atoms with Gasteiger partial charge in [-0.25, -0.2) is 13.2 Å². The molecule has 0 aromatic heterocycles. The van der Waals surface area contributed by atoms with Gasteiger partial charge >= 0.3 is 5.97 Å². The highest BCUT2D eigenvalue weighted by atomic mass is 32.2. The molecule has 9 heteroatoms. The van der Waals surface area contributed by atoms with Crippen molar-refractivity contribution in [3.05, 3.63) is 29.8 Å². The van der Waals surface area contributed by atoms with Gasteiger partial charge in [0.05, 0.1) is 22.7 Å². The fourth-order valence-electron chi connectivity index (χ4n) is 3.52. The molecule has 154 valence electrons. The second-order valence-corrected chi connectivity index (χ2v) is 9.21. The van der Waals surface area contributed by atoms with Gasteiger partial charge in [-0.05, 0) is 51.0 Å². The topological polar surface area (TPSA) is 93.2 Å². The second kappa shape index (κ2) is 8.59. The zero-order valence-electron chi connectivity index (χ0n) is 16.2. The molecule has 0 radical (unpaired) electrons. The quantitative estimate of drug-likeness (QED) is 0.679. The first-order valence-electron chi connectivity index (χ1n) is 9.48. The smallest absolute Gasteiger partial charge is 0.338 e. The van der Waals surface area contributed by atoms with Crippen LogP contribution in [-0.4, -0.2) is 74.5 Å². The fraction of sp³-hybridized carbons (Fsp3) is 0.579. The number of morpholine rings is 1. The van der Waals surface area contributed by atoms with E-state index in [0.717, 1.165) is 12.8 Å². The first kappa shape index (κ1) is 20.8. The van der Waals surface area contributed by atoms with Crippen LogP contribution >= 0.6 is 0 Å². The van der Waals surface area contributed by atoms with E-state index in [1.54, 1.807) is 4.90 Å². The molecule has 2 atom stereocenters. The molecule has 2 heterocycles. The molecule has 2 saturated heterocycles. The first-order valence-corrected chi connectivity index (χ1v) is 10.9. The number of benzene rings is 1. The summed E-state index contributed by atoms with van der Waals surface area (Å²) in [5.41, 5.74) is 0.205. The van der Waals surface area contributed by atoms with Gasteiger partial charge in [0.2, 0.25) is 10.0 Å². The normalized spacial score (nSPS) is 23.6. The van der Waals surface area contributed by atoms with E-state index in [9.17, 15) is 18.0 Å². The highest BCUT2D eigenvalue weighted by Crippen LogP contribution is 2.21. The van der Waals surface area contributed by atoms with Gasteiger partial charge in [0, 0.05) is 26.2 Å². The third-order valence-electron chi connectivity index (χ3n) is 4.89. The van der Waals surface area contributed by atoms with Crippen LogP contribution in [0, 0.1) is 0 Å². The number of nitrogens with zero attached hydrogens (tertiary/aromatic N) is 2. The molecule has 0 spiro atoms. The average molecular weight is 410 g/mol. The summed E-state index contributed by atoms with van der Waals surface area (Å²) < 4.78 is 37.2. The zero-order chi connectivity index (χ0) is 20.3. The highest BCUT2D eigenvalue weighted by Gasteiger charge is 2.28. The van der Waals surface area contributed by atoms with E-state index in [0.29, 0.717) is 26.2 Å². The minimum absolute atomic E-state index is 0.0616. The summed E-state index contributed by atoms with van der Waals surface area (Å²) in [6, 6.07) is 5.62. The Hall–Kier alpha value is -1.97. The van der Waals surface area contributed by atoms with Gasteiger partial charge in [-0.2, -0.15) is 4.31 Å². The van der Waals surface area contributed by atoms with Crippen LogP contribution in [0.1, 0.15) is 37.0 Å². The Morgan fingerprint density at radius 2 is 1.64 bits per heavy atom. The van der Waals surface area contributed by atoms with E-state index >= 15 is 0 Å². The Balaban J connectivity index is 1.57. The molecule has 0 saturated carbocycles. The lowest BCUT2D eigenvalue weighted by Gasteiger charge is -2.35. The highest BCUT2D eigenvalue weighted by molar-refractivity contribution is 7.89. The number of esters is 1. The number of hydrogen-bond acceptors (Lipinski definition) is 6. The van der Waals surface area contributed by atoms with Gasteiger partial charge in [-0.1, -0.05) is 0 Å².